The number of hydrogen-bond donors (Lipinski definition) is 1. The summed E-state index contributed by atoms with van der Waals surface area (Å²) < 4.78 is 16.2. The first kappa shape index (κ1) is 20.9. The highest BCUT2D eigenvalue weighted by Crippen LogP contribution is 2.23. The number of ether oxygens (including phenoxy) is 3. The molecule has 0 fully saturated rings. The molecule has 0 aliphatic carbocycles. The van der Waals surface area contributed by atoms with Crippen LogP contribution in [0.25, 0.3) is 0 Å². The number of rotatable bonds is 9. The number of carbonyl (C=O) groups excluding carboxylic acids is 1. The summed E-state index contributed by atoms with van der Waals surface area (Å²) in [5, 5.41) is 2.77. The molecule has 3 aromatic carbocycles. The molecule has 0 atom stereocenters. The largest absolute Gasteiger partial charge is 0.495 e. The van der Waals surface area contributed by atoms with Crippen LogP contribution >= 0.6 is 0 Å². The Morgan fingerprint density at radius 3 is 2.30 bits per heavy atom. The van der Waals surface area contributed by atoms with Gasteiger partial charge in [-0.15, -0.1) is 0 Å². The lowest BCUT2D eigenvalue weighted by molar-refractivity contribution is -0.118. The van der Waals surface area contributed by atoms with Crippen LogP contribution in [0.5, 0.6) is 17.2 Å². The van der Waals surface area contributed by atoms with Gasteiger partial charge in [0.05, 0.1) is 25.1 Å². The smallest absolute Gasteiger partial charge is 0.262 e. The average Bonchev–Trinajstić information content (AvgIpc) is 2.78. The minimum atomic E-state index is -0.263. The number of nitrogens with one attached hydrogen (secondary N) is 1. The number of amides is 1. The van der Waals surface area contributed by atoms with Crippen LogP contribution in [0.15, 0.2) is 77.8 Å². The number of aliphatic imine (C=N–C) groups is 1. The second-order valence-corrected chi connectivity index (χ2v) is 6.29. The summed E-state index contributed by atoms with van der Waals surface area (Å²) in [7, 11) is 1.56. The number of nitrogens with zero attached hydrogens (tertiary/aromatic N) is 1. The van der Waals surface area contributed by atoms with Crippen LogP contribution < -0.4 is 19.5 Å². The number of para-hydroxylation sites is 2. The van der Waals surface area contributed by atoms with Crippen molar-refractivity contribution in [3.8, 4) is 17.2 Å². The zero-order valence-corrected chi connectivity index (χ0v) is 17.0. The fourth-order valence-electron chi connectivity index (χ4n) is 2.68. The van der Waals surface area contributed by atoms with Crippen LogP contribution in [-0.4, -0.2) is 32.4 Å². The van der Waals surface area contributed by atoms with Crippen molar-refractivity contribution in [3.63, 3.8) is 0 Å². The predicted molar refractivity (Wildman–Crippen MR) is 118 cm³/mol. The summed E-state index contributed by atoms with van der Waals surface area (Å²) in [6.07, 6.45) is 1.77. The molecule has 0 unspecified atom stereocenters. The van der Waals surface area contributed by atoms with Crippen molar-refractivity contribution in [2.24, 2.45) is 4.99 Å². The van der Waals surface area contributed by atoms with Gasteiger partial charge in [0.1, 0.15) is 17.2 Å². The molecule has 1 N–H and O–H groups in total. The maximum atomic E-state index is 12.1. The monoisotopic (exact) mass is 404 g/mol. The van der Waals surface area contributed by atoms with Crippen LogP contribution in [0, 0.1) is 0 Å². The first-order valence-corrected chi connectivity index (χ1v) is 9.60. The highest BCUT2D eigenvalue weighted by Gasteiger charge is 2.07. The zero-order chi connectivity index (χ0) is 21.2. The Hall–Kier alpha value is -3.80. The first-order chi connectivity index (χ1) is 14.7. The fraction of sp³-hybridized carbons (Fsp3) is 0.167. The van der Waals surface area contributed by atoms with Gasteiger partial charge in [-0.2, -0.15) is 0 Å². The van der Waals surface area contributed by atoms with Gasteiger partial charge in [-0.25, -0.2) is 0 Å². The van der Waals surface area contributed by atoms with Crippen molar-refractivity contribution in [2.75, 3.05) is 25.6 Å². The van der Waals surface area contributed by atoms with Gasteiger partial charge < -0.3 is 19.5 Å². The van der Waals surface area contributed by atoms with Crippen LogP contribution in [0.3, 0.4) is 0 Å². The van der Waals surface area contributed by atoms with Gasteiger partial charge in [0, 0.05) is 6.21 Å². The molecule has 0 heterocycles. The molecule has 1 amide bonds. The molecule has 6 heteroatoms. The van der Waals surface area contributed by atoms with E-state index in [0.717, 1.165) is 17.0 Å². The van der Waals surface area contributed by atoms with Gasteiger partial charge in [-0.3, -0.25) is 9.79 Å². The Balaban J connectivity index is 1.51. The third kappa shape index (κ3) is 6.10. The van der Waals surface area contributed by atoms with Crippen LogP contribution in [0.4, 0.5) is 11.4 Å². The summed E-state index contributed by atoms with van der Waals surface area (Å²) in [6.45, 7) is 2.49. The molecule has 30 heavy (non-hydrogen) atoms. The maximum absolute atomic E-state index is 12.1. The van der Waals surface area contributed by atoms with Crippen LogP contribution in [-0.2, 0) is 4.79 Å². The summed E-state index contributed by atoms with van der Waals surface area (Å²) in [5.41, 5.74) is 2.37. The van der Waals surface area contributed by atoms with Crippen molar-refractivity contribution in [3.05, 3.63) is 78.4 Å². The van der Waals surface area contributed by atoms with E-state index in [2.05, 4.69) is 10.3 Å². The van der Waals surface area contributed by atoms with E-state index in [4.69, 9.17) is 14.2 Å². The normalized spacial score (nSPS) is 10.6. The van der Waals surface area contributed by atoms with E-state index < -0.39 is 0 Å². The van der Waals surface area contributed by atoms with E-state index in [1.807, 2.05) is 55.5 Å². The fourth-order valence-corrected chi connectivity index (χ4v) is 2.68. The molecule has 154 valence electrons. The third-order valence-corrected chi connectivity index (χ3v) is 4.14. The molecular formula is C24H24N2O4. The van der Waals surface area contributed by atoms with E-state index in [1.165, 1.54) is 0 Å². The number of methoxy groups -OCH3 is 1. The van der Waals surface area contributed by atoms with E-state index in [1.54, 1.807) is 37.6 Å². The second kappa shape index (κ2) is 10.7. The van der Waals surface area contributed by atoms with Gasteiger partial charge in [-0.1, -0.05) is 12.1 Å². The van der Waals surface area contributed by atoms with E-state index in [9.17, 15) is 4.79 Å². The van der Waals surface area contributed by atoms with E-state index in [-0.39, 0.29) is 12.5 Å². The Labute approximate surface area is 176 Å². The molecule has 3 aromatic rings. The molecule has 0 radical (unpaired) electrons. The molecule has 0 bridgehead atoms. The number of hydrogen-bond acceptors (Lipinski definition) is 5. The Morgan fingerprint density at radius 2 is 1.60 bits per heavy atom. The predicted octanol–water partition coefficient (Wildman–Crippen LogP) is 4.86. The standard InChI is InChI=1S/C24H24N2O4/c1-3-29-20-14-10-19(11-15-20)25-16-18-8-12-21(13-9-18)30-17-24(27)26-22-6-4-5-7-23(22)28-2/h4-16H,3,17H2,1-2H3,(H,26,27). The lowest BCUT2D eigenvalue weighted by Crippen LogP contribution is -2.20. The zero-order valence-electron chi connectivity index (χ0n) is 17.0. The third-order valence-electron chi connectivity index (χ3n) is 4.14. The van der Waals surface area contributed by atoms with E-state index >= 15 is 0 Å². The van der Waals surface area contributed by atoms with Gasteiger partial charge in [0.2, 0.25) is 0 Å². The summed E-state index contributed by atoms with van der Waals surface area (Å²) in [4.78, 5) is 16.6. The topological polar surface area (TPSA) is 69.2 Å². The van der Waals surface area contributed by atoms with Crippen LogP contribution in [0.2, 0.25) is 0 Å². The Bertz CT molecular complexity index is 983. The quantitative estimate of drug-likeness (QED) is 0.517. The van der Waals surface area contributed by atoms with Crippen molar-refractivity contribution in [2.45, 2.75) is 6.92 Å². The number of benzene rings is 3. The second-order valence-electron chi connectivity index (χ2n) is 6.29. The molecule has 3 rings (SSSR count). The molecule has 0 saturated carbocycles. The molecular weight excluding hydrogens is 380 g/mol. The van der Waals surface area contributed by atoms with Crippen molar-refractivity contribution < 1.29 is 19.0 Å². The molecule has 0 spiro atoms. The molecule has 0 aliphatic heterocycles. The SMILES string of the molecule is CCOc1ccc(N=Cc2ccc(OCC(=O)Nc3ccccc3OC)cc2)cc1. The van der Waals surface area contributed by atoms with E-state index in [0.29, 0.717) is 23.8 Å². The summed E-state index contributed by atoms with van der Waals surface area (Å²) in [6, 6.07) is 22.2. The van der Waals surface area contributed by atoms with Crippen molar-refractivity contribution in [1.82, 2.24) is 0 Å². The minimum Gasteiger partial charge on any atom is -0.495 e. The molecule has 0 saturated heterocycles. The number of carbonyl (C=O) groups is 1. The van der Waals surface area contributed by atoms with Gasteiger partial charge in [0.15, 0.2) is 6.61 Å². The van der Waals surface area contributed by atoms with Crippen LogP contribution in [0.1, 0.15) is 12.5 Å². The Morgan fingerprint density at radius 1 is 0.933 bits per heavy atom. The highest BCUT2D eigenvalue weighted by atomic mass is 16.5. The number of anilines is 1. The Kier molecular flexibility index (Phi) is 7.44. The van der Waals surface area contributed by atoms with Crippen molar-refractivity contribution >= 4 is 23.5 Å². The van der Waals surface area contributed by atoms with Gasteiger partial charge in [-0.05, 0) is 73.2 Å². The summed E-state index contributed by atoms with van der Waals surface area (Å²) in [5.74, 6) is 1.76. The van der Waals surface area contributed by atoms with Gasteiger partial charge >= 0.3 is 0 Å². The molecule has 6 nitrogen and oxygen atoms in total. The summed E-state index contributed by atoms with van der Waals surface area (Å²) >= 11 is 0. The van der Waals surface area contributed by atoms with Gasteiger partial charge in [0.25, 0.3) is 5.91 Å². The first-order valence-electron chi connectivity index (χ1n) is 9.60. The lowest BCUT2D eigenvalue weighted by atomic mass is 10.2. The average molecular weight is 404 g/mol. The molecule has 0 aliphatic rings. The minimum absolute atomic E-state index is 0.0995. The maximum Gasteiger partial charge on any atom is 0.262 e. The van der Waals surface area contributed by atoms with Crippen molar-refractivity contribution in [1.29, 1.82) is 0 Å². The molecule has 0 aromatic heterocycles. The lowest BCUT2D eigenvalue weighted by Gasteiger charge is -2.10. The highest BCUT2D eigenvalue weighted by molar-refractivity contribution is 5.93.